The van der Waals surface area contributed by atoms with Crippen molar-refractivity contribution in [1.29, 1.82) is 0 Å². The normalized spacial score (nSPS) is 11.4. The maximum Gasteiger partial charge on any atom is 0.264 e. The maximum atomic E-state index is 14.4. The molecule has 0 amide bonds. The molecule has 0 atom stereocenters. The van der Waals surface area contributed by atoms with Crippen LogP contribution >= 0.6 is 11.6 Å². The van der Waals surface area contributed by atoms with Gasteiger partial charge >= 0.3 is 0 Å². The van der Waals surface area contributed by atoms with E-state index >= 15 is 0 Å². The summed E-state index contributed by atoms with van der Waals surface area (Å²) in [7, 11) is 0. The Hall–Kier alpha value is -2.66. The molecule has 0 fully saturated rings. The van der Waals surface area contributed by atoms with Gasteiger partial charge in [0.25, 0.3) is 5.89 Å². The molecule has 0 spiro atoms. The standard InChI is InChI=1S/C21H19ClFN3O/c1-2-3-11-20-24-25-21(27-20)19-12-14-7-4-5-10-18(14)26(19)13-15-16(22)8-6-9-17(15)23/h4-10,12H,2-3,11,13H2,1H3. The van der Waals surface area contributed by atoms with Crippen LogP contribution in [0.4, 0.5) is 4.39 Å². The maximum absolute atomic E-state index is 14.4. The van der Waals surface area contributed by atoms with E-state index in [0.717, 1.165) is 35.9 Å². The molecule has 0 unspecified atom stereocenters. The Morgan fingerprint density at radius 2 is 1.96 bits per heavy atom. The third-order valence-corrected chi connectivity index (χ3v) is 4.97. The van der Waals surface area contributed by atoms with E-state index in [0.29, 0.717) is 22.4 Å². The lowest BCUT2D eigenvalue weighted by Crippen LogP contribution is -2.04. The Morgan fingerprint density at radius 3 is 2.78 bits per heavy atom. The molecule has 6 heteroatoms. The highest BCUT2D eigenvalue weighted by Gasteiger charge is 2.18. The number of aromatic nitrogens is 3. The lowest BCUT2D eigenvalue weighted by Gasteiger charge is -2.11. The monoisotopic (exact) mass is 383 g/mol. The Bertz CT molecular complexity index is 1070. The first-order valence-corrected chi connectivity index (χ1v) is 9.39. The number of nitrogens with zero attached hydrogens (tertiary/aromatic N) is 3. The molecule has 138 valence electrons. The fraction of sp³-hybridized carbons (Fsp3) is 0.238. The van der Waals surface area contributed by atoms with Crippen molar-refractivity contribution in [3.63, 3.8) is 0 Å². The van der Waals surface area contributed by atoms with E-state index in [4.69, 9.17) is 16.0 Å². The minimum Gasteiger partial charge on any atom is -0.419 e. The predicted molar refractivity (Wildman–Crippen MR) is 104 cm³/mol. The van der Waals surface area contributed by atoms with Crippen molar-refractivity contribution >= 4 is 22.5 Å². The summed E-state index contributed by atoms with van der Waals surface area (Å²) in [6.45, 7) is 2.40. The smallest absolute Gasteiger partial charge is 0.264 e. The number of unbranched alkanes of at least 4 members (excludes halogenated alkanes) is 1. The van der Waals surface area contributed by atoms with Gasteiger partial charge in [0, 0.05) is 27.9 Å². The molecule has 0 bridgehead atoms. The van der Waals surface area contributed by atoms with Gasteiger partial charge in [-0.2, -0.15) is 0 Å². The van der Waals surface area contributed by atoms with Gasteiger partial charge in [-0.3, -0.25) is 0 Å². The summed E-state index contributed by atoms with van der Waals surface area (Å²) < 4.78 is 22.2. The Morgan fingerprint density at radius 1 is 1.11 bits per heavy atom. The molecule has 4 rings (SSSR count). The lowest BCUT2D eigenvalue weighted by atomic mass is 10.2. The molecule has 0 saturated carbocycles. The van der Waals surface area contributed by atoms with Gasteiger partial charge in [-0.05, 0) is 30.7 Å². The topological polar surface area (TPSA) is 43.9 Å². The molecule has 2 aromatic carbocycles. The molecule has 27 heavy (non-hydrogen) atoms. The van der Waals surface area contributed by atoms with Gasteiger partial charge in [-0.15, -0.1) is 10.2 Å². The van der Waals surface area contributed by atoms with Gasteiger partial charge in [0.1, 0.15) is 11.5 Å². The SMILES string of the molecule is CCCCc1nnc(-c2cc3ccccc3n2Cc2c(F)cccc2Cl)o1. The molecule has 0 aliphatic heterocycles. The van der Waals surface area contributed by atoms with Crippen molar-refractivity contribution in [2.75, 3.05) is 0 Å². The number of para-hydroxylation sites is 1. The van der Waals surface area contributed by atoms with E-state index in [-0.39, 0.29) is 12.4 Å². The van der Waals surface area contributed by atoms with Crippen molar-refractivity contribution < 1.29 is 8.81 Å². The Kier molecular flexibility index (Phi) is 4.94. The quantitative estimate of drug-likeness (QED) is 0.418. The molecular weight excluding hydrogens is 365 g/mol. The number of benzene rings is 2. The zero-order valence-corrected chi connectivity index (χ0v) is 15.7. The van der Waals surface area contributed by atoms with Crippen LogP contribution in [-0.2, 0) is 13.0 Å². The van der Waals surface area contributed by atoms with Gasteiger partial charge < -0.3 is 8.98 Å². The van der Waals surface area contributed by atoms with Gasteiger partial charge in [-0.25, -0.2) is 4.39 Å². The molecule has 4 aromatic rings. The number of fused-ring (bicyclic) bond motifs is 1. The fourth-order valence-corrected chi connectivity index (χ4v) is 3.41. The van der Waals surface area contributed by atoms with Crippen molar-refractivity contribution in [2.45, 2.75) is 32.7 Å². The number of aryl methyl sites for hydroxylation is 1. The van der Waals surface area contributed by atoms with Crippen molar-refractivity contribution in [2.24, 2.45) is 0 Å². The Labute approximate surface area is 161 Å². The van der Waals surface area contributed by atoms with E-state index < -0.39 is 0 Å². The molecule has 0 N–H and O–H groups in total. The summed E-state index contributed by atoms with van der Waals surface area (Å²) in [5, 5.41) is 9.79. The van der Waals surface area contributed by atoms with Crippen LogP contribution in [-0.4, -0.2) is 14.8 Å². The van der Waals surface area contributed by atoms with Gasteiger partial charge in [0.15, 0.2) is 0 Å². The summed E-state index contributed by atoms with van der Waals surface area (Å²) in [4.78, 5) is 0. The molecule has 2 heterocycles. The number of hydrogen-bond acceptors (Lipinski definition) is 3. The van der Waals surface area contributed by atoms with Gasteiger partial charge in [-0.1, -0.05) is 49.2 Å². The average molecular weight is 384 g/mol. The second-order valence-corrected chi connectivity index (χ2v) is 6.89. The first kappa shape index (κ1) is 17.7. The van der Waals surface area contributed by atoms with Crippen LogP contribution in [0.5, 0.6) is 0 Å². The highest BCUT2D eigenvalue weighted by molar-refractivity contribution is 6.31. The van der Waals surface area contributed by atoms with Crippen LogP contribution in [0.15, 0.2) is 52.9 Å². The molecule has 0 aliphatic carbocycles. The van der Waals surface area contributed by atoms with E-state index in [1.807, 2.05) is 34.9 Å². The van der Waals surface area contributed by atoms with Crippen molar-refractivity contribution in [3.05, 3.63) is 70.8 Å². The molecule has 0 aliphatic rings. The predicted octanol–water partition coefficient (Wildman–Crippen LogP) is 5.87. The van der Waals surface area contributed by atoms with Crippen LogP contribution in [0, 0.1) is 5.82 Å². The number of halogens is 2. The van der Waals surface area contributed by atoms with Crippen LogP contribution in [0.1, 0.15) is 31.2 Å². The third kappa shape index (κ3) is 3.47. The fourth-order valence-electron chi connectivity index (χ4n) is 3.19. The summed E-state index contributed by atoms with van der Waals surface area (Å²) in [6, 6.07) is 14.6. The second-order valence-electron chi connectivity index (χ2n) is 6.48. The van der Waals surface area contributed by atoms with Crippen LogP contribution < -0.4 is 0 Å². The molecular formula is C21H19ClFN3O. The van der Waals surface area contributed by atoms with E-state index in [1.54, 1.807) is 12.1 Å². The molecule has 0 saturated heterocycles. The summed E-state index contributed by atoms with van der Waals surface area (Å²) in [6.07, 6.45) is 2.81. The minimum atomic E-state index is -0.333. The van der Waals surface area contributed by atoms with Gasteiger partial charge in [0.2, 0.25) is 5.89 Å². The number of rotatable bonds is 6. The molecule has 4 nitrogen and oxygen atoms in total. The second kappa shape index (κ2) is 7.53. The zero-order valence-electron chi connectivity index (χ0n) is 15.0. The largest absolute Gasteiger partial charge is 0.419 e. The van der Waals surface area contributed by atoms with Crippen LogP contribution in [0.2, 0.25) is 5.02 Å². The molecule has 2 aromatic heterocycles. The van der Waals surface area contributed by atoms with E-state index in [9.17, 15) is 4.39 Å². The Balaban J connectivity index is 1.81. The van der Waals surface area contributed by atoms with Crippen LogP contribution in [0.3, 0.4) is 0 Å². The summed E-state index contributed by atoms with van der Waals surface area (Å²) in [5.74, 6) is 0.720. The van der Waals surface area contributed by atoms with E-state index in [1.165, 1.54) is 6.07 Å². The zero-order chi connectivity index (χ0) is 18.8. The van der Waals surface area contributed by atoms with Crippen LogP contribution in [0.25, 0.3) is 22.5 Å². The average Bonchev–Trinajstić information content (AvgIpc) is 3.28. The lowest BCUT2D eigenvalue weighted by molar-refractivity contribution is 0.492. The van der Waals surface area contributed by atoms with E-state index in [2.05, 4.69) is 17.1 Å². The van der Waals surface area contributed by atoms with Crippen molar-refractivity contribution in [1.82, 2.24) is 14.8 Å². The summed E-state index contributed by atoms with van der Waals surface area (Å²) in [5.41, 5.74) is 2.15. The van der Waals surface area contributed by atoms with Gasteiger partial charge in [0.05, 0.1) is 6.54 Å². The first-order valence-electron chi connectivity index (χ1n) is 9.01. The molecule has 0 radical (unpaired) electrons. The van der Waals surface area contributed by atoms with Crippen molar-refractivity contribution in [3.8, 4) is 11.6 Å². The third-order valence-electron chi connectivity index (χ3n) is 4.62. The highest BCUT2D eigenvalue weighted by atomic mass is 35.5. The minimum absolute atomic E-state index is 0.279. The first-order chi connectivity index (χ1) is 13.2. The highest BCUT2D eigenvalue weighted by Crippen LogP contribution is 2.30. The summed E-state index contributed by atoms with van der Waals surface area (Å²) >= 11 is 6.25. The number of hydrogen-bond donors (Lipinski definition) is 0.